The molecule has 146 valence electrons. The predicted octanol–water partition coefficient (Wildman–Crippen LogP) is 5.57. The van der Waals surface area contributed by atoms with E-state index in [4.69, 9.17) is 14.2 Å². The van der Waals surface area contributed by atoms with Gasteiger partial charge in [0.1, 0.15) is 0 Å². The van der Waals surface area contributed by atoms with Gasteiger partial charge in [0.25, 0.3) is 0 Å². The number of rotatable bonds is 8. The Balaban J connectivity index is 1.68. The average molecular weight is 361 g/mol. The van der Waals surface area contributed by atoms with Crippen molar-refractivity contribution in [3.63, 3.8) is 0 Å². The number of ether oxygens (including phenoxy) is 3. The van der Waals surface area contributed by atoms with Crippen molar-refractivity contribution in [1.29, 1.82) is 0 Å². The fraction of sp³-hybridized carbons (Fsp3) is 0.739. The van der Waals surface area contributed by atoms with Gasteiger partial charge in [-0.3, -0.25) is 0 Å². The predicted molar refractivity (Wildman–Crippen MR) is 106 cm³/mol. The second-order valence-corrected chi connectivity index (χ2v) is 7.86. The molecule has 0 aromatic heterocycles. The monoisotopic (exact) mass is 360 g/mol. The first-order chi connectivity index (χ1) is 12.8. The molecule has 3 aliphatic carbocycles. The van der Waals surface area contributed by atoms with Crippen LogP contribution in [0.2, 0.25) is 0 Å². The minimum absolute atomic E-state index is 0.166. The Hall–Kier alpha value is -0.900. The molecule has 0 amide bonds. The zero-order chi connectivity index (χ0) is 18.2. The number of hydrogen-bond donors (Lipinski definition) is 0. The third-order valence-corrected chi connectivity index (χ3v) is 6.16. The smallest absolute Gasteiger partial charge is 0.154 e. The van der Waals surface area contributed by atoms with Crippen molar-refractivity contribution >= 4 is 0 Å². The molecule has 0 saturated heterocycles. The van der Waals surface area contributed by atoms with Gasteiger partial charge in [0.15, 0.2) is 6.29 Å². The summed E-state index contributed by atoms with van der Waals surface area (Å²) in [4.78, 5) is 0. The molecule has 0 aromatic carbocycles. The van der Waals surface area contributed by atoms with Crippen LogP contribution in [0.25, 0.3) is 0 Å². The first-order valence-electron chi connectivity index (χ1n) is 10.6. The van der Waals surface area contributed by atoms with Crippen LogP contribution < -0.4 is 0 Å². The third kappa shape index (κ3) is 5.31. The zero-order valence-electron chi connectivity index (χ0n) is 16.6. The van der Waals surface area contributed by atoms with E-state index < -0.39 is 0 Å². The van der Waals surface area contributed by atoms with Crippen molar-refractivity contribution in [3.05, 3.63) is 35.5 Å². The maximum absolute atomic E-state index is 6.50. The molecular weight excluding hydrogens is 324 g/mol. The van der Waals surface area contributed by atoms with Crippen molar-refractivity contribution in [3.8, 4) is 0 Å². The first kappa shape index (κ1) is 19.9. The van der Waals surface area contributed by atoms with E-state index in [1.54, 1.807) is 18.3 Å². The Morgan fingerprint density at radius 1 is 1.04 bits per heavy atom. The van der Waals surface area contributed by atoms with E-state index in [1.165, 1.54) is 57.8 Å². The van der Waals surface area contributed by atoms with Gasteiger partial charge in [0, 0.05) is 13.0 Å². The second kappa shape index (κ2) is 10.4. The summed E-state index contributed by atoms with van der Waals surface area (Å²) in [6.45, 7) is 3.16. The minimum Gasteiger partial charge on any atom is -0.371 e. The van der Waals surface area contributed by atoms with Gasteiger partial charge in [0.05, 0.1) is 19.3 Å². The molecule has 26 heavy (non-hydrogen) atoms. The molecule has 3 heteroatoms. The van der Waals surface area contributed by atoms with Crippen molar-refractivity contribution in [1.82, 2.24) is 0 Å². The van der Waals surface area contributed by atoms with Gasteiger partial charge >= 0.3 is 0 Å². The highest BCUT2D eigenvalue weighted by Gasteiger charge is 2.34. The van der Waals surface area contributed by atoms with Gasteiger partial charge in [-0.1, -0.05) is 29.9 Å². The lowest BCUT2D eigenvalue weighted by atomic mass is 9.72. The van der Waals surface area contributed by atoms with Gasteiger partial charge < -0.3 is 14.2 Å². The van der Waals surface area contributed by atoms with E-state index in [0.717, 1.165) is 0 Å². The van der Waals surface area contributed by atoms with Crippen molar-refractivity contribution in [2.75, 3.05) is 20.3 Å². The molecule has 0 fully saturated rings. The first-order valence-corrected chi connectivity index (χ1v) is 10.6. The van der Waals surface area contributed by atoms with Gasteiger partial charge in [-0.2, -0.15) is 0 Å². The number of methoxy groups -OCH3 is 1. The molecule has 3 aliphatic rings. The Labute approximate surface area is 159 Å². The zero-order valence-corrected chi connectivity index (χ0v) is 16.6. The summed E-state index contributed by atoms with van der Waals surface area (Å²) >= 11 is 0. The van der Waals surface area contributed by atoms with Gasteiger partial charge in [0.2, 0.25) is 0 Å². The molecule has 0 radical (unpaired) electrons. The lowest BCUT2D eigenvalue weighted by Crippen LogP contribution is -2.35. The Bertz CT molecular complexity index is 520. The summed E-state index contributed by atoms with van der Waals surface area (Å²) in [5.41, 5.74) is 3.22. The van der Waals surface area contributed by atoms with Crippen LogP contribution in [0.1, 0.15) is 64.7 Å². The number of allylic oxidation sites excluding steroid dienone is 4. The average Bonchev–Trinajstić information content (AvgIpc) is 2.72. The van der Waals surface area contributed by atoms with Crippen LogP contribution in [0.5, 0.6) is 0 Å². The Morgan fingerprint density at radius 2 is 1.96 bits per heavy atom. The molecule has 4 unspecified atom stereocenters. The molecule has 0 saturated carbocycles. The summed E-state index contributed by atoms with van der Waals surface area (Å²) in [6.07, 6.45) is 21.1. The van der Waals surface area contributed by atoms with Crippen LogP contribution in [-0.2, 0) is 14.2 Å². The van der Waals surface area contributed by atoms with Gasteiger partial charge in [-0.15, -0.1) is 0 Å². The normalized spacial score (nSPS) is 30.6. The molecule has 0 heterocycles. The Morgan fingerprint density at radius 3 is 2.69 bits per heavy atom. The van der Waals surface area contributed by atoms with E-state index in [9.17, 15) is 0 Å². The third-order valence-electron chi connectivity index (χ3n) is 6.16. The quantitative estimate of drug-likeness (QED) is 0.321. The highest BCUT2D eigenvalue weighted by molar-refractivity contribution is 5.26. The molecule has 3 rings (SSSR count). The van der Waals surface area contributed by atoms with E-state index in [1.807, 2.05) is 6.92 Å². The second-order valence-electron chi connectivity index (χ2n) is 7.86. The largest absolute Gasteiger partial charge is 0.371 e. The molecule has 0 aliphatic heterocycles. The van der Waals surface area contributed by atoms with E-state index >= 15 is 0 Å². The van der Waals surface area contributed by atoms with Crippen LogP contribution in [0, 0.1) is 11.8 Å². The molecule has 0 spiro atoms. The molecule has 0 bridgehead atoms. The fourth-order valence-electron chi connectivity index (χ4n) is 4.67. The lowest BCUT2D eigenvalue weighted by Gasteiger charge is -2.39. The summed E-state index contributed by atoms with van der Waals surface area (Å²) in [7, 11) is 1.68. The SMILES string of the molecule is COC(C)OCCOC1C(C2CC=CCC2)=CCCC1C1=CCCCC1. The number of hydrogen-bond acceptors (Lipinski definition) is 3. The standard InChI is InChI=1S/C23H36O3/c1-18(24-2)25-16-17-26-23-21(19-10-5-3-6-11-19)14-9-15-22(23)20-12-7-4-8-13-20/h3,5,12,14,18-19,22-23H,4,6-11,13,15-17H2,1-2H3. The summed E-state index contributed by atoms with van der Waals surface area (Å²) in [5, 5.41) is 0. The molecule has 0 aromatic rings. The summed E-state index contributed by atoms with van der Waals surface area (Å²) in [6, 6.07) is 0. The molecule has 0 N–H and O–H groups in total. The minimum atomic E-state index is -0.166. The van der Waals surface area contributed by atoms with E-state index in [-0.39, 0.29) is 12.4 Å². The van der Waals surface area contributed by atoms with Crippen LogP contribution in [-0.4, -0.2) is 32.7 Å². The highest BCUT2D eigenvalue weighted by atomic mass is 16.7. The van der Waals surface area contributed by atoms with Crippen LogP contribution >= 0.6 is 0 Å². The summed E-state index contributed by atoms with van der Waals surface area (Å²) < 4.78 is 17.3. The van der Waals surface area contributed by atoms with Crippen LogP contribution in [0.15, 0.2) is 35.5 Å². The molecule has 4 atom stereocenters. The summed E-state index contributed by atoms with van der Waals surface area (Å²) in [5.74, 6) is 1.23. The maximum atomic E-state index is 6.50. The lowest BCUT2D eigenvalue weighted by molar-refractivity contribution is -0.127. The van der Waals surface area contributed by atoms with Crippen LogP contribution in [0.4, 0.5) is 0 Å². The van der Waals surface area contributed by atoms with Gasteiger partial charge in [-0.25, -0.2) is 0 Å². The van der Waals surface area contributed by atoms with Crippen molar-refractivity contribution in [2.24, 2.45) is 11.8 Å². The van der Waals surface area contributed by atoms with E-state index in [2.05, 4.69) is 24.3 Å². The van der Waals surface area contributed by atoms with Crippen molar-refractivity contribution in [2.45, 2.75) is 77.1 Å². The van der Waals surface area contributed by atoms with Crippen LogP contribution in [0.3, 0.4) is 0 Å². The molecule has 3 nitrogen and oxygen atoms in total. The Kier molecular flexibility index (Phi) is 7.97. The van der Waals surface area contributed by atoms with Crippen molar-refractivity contribution < 1.29 is 14.2 Å². The topological polar surface area (TPSA) is 27.7 Å². The maximum Gasteiger partial charge on any atom is 0.154 e. The highest BCUT2D eigenvalue weighted by Crippen LogP contribution is 2.41. The van der Waals surface area contributed by atoms with E-state index in [0.29, 0.717) is 25.0 Å². The fourth-order valence-corrected chi connectivity index (χ4v) is 4.67. The molecular formula is C23H36O3. The van der Waals surface area contributed by atoms with Gasteiger partial charge in [-0.05, 0) is 76.2 Å².